The summed E-state index contributed by atoms with van der Waals surface area (Å²) < 4.78 is 1.82. The van der Waals surface area contributed by atoms with Gasteiger partial charge in [0, 0.05) is 23.8 Å². The summed E-state index contributed by atoms with van der Waals surface area (Å²) in [6.07, 6.45) is 7.75. The minimum atomic E-state index is -1.60. The first-order chi connectivity index (χ1) is 16.6. The standard InChI is InChI=1S/C28H33N3O4/c1-26-12-10-17(32)14-16(26)8-9-18-19-11-13-28(35,27(19,2)15-22(33)23(18)26)24(34)30-25-29-20-6-4-5-7-21(20)31(25)3/h4-7,10,12,14,18-19,22-23,33,35H,8-9,11,13,15H2,1-3H3,(H,29,30,34)/t18?,19?,22?,23?,26?,27?,28-/m0/s1. The number of ketones is 1. The summed E-state index contributed by atoms with van der Waals surface area (Å²) in [5.74, 6) is 0.216. The van der Waals surface area contributed by atoms with Crippen molar-refractivity contribution >= 4 is 28.7 Å². The molecule has 7 nitrogen and oxygen atoms in total. The predicted molar refractivity (Wildman–Crippen MR) is 132 cm³/mol. The van der Waals surface area contributed by atoms with Crippen LogP contribution < -0.4 is 5.32 Å². The molecule has 3 saturated carbocycles. The van der Waals surface area contributed by atoms with Gasteiger partial charge in [-0.2, -0.15) is 0 Å². The molecule has 1 amide bonds. The zero-order valence-electron chi connectivity index (χ0n) is 20.5. The van der Waals surface area contributed by atoms with E-state index in [1.807, 2.05) is 48.9 Å². The summed E-state index contributed by atoms with van der Waals surface area (Å²) >= 11 is 0. The molecule has 3 N–H and O–H groups in total. The maximum absolute atomic E-state index is 13.7. The van der Waals surface area contributed by atoms with Crippen molar-refractivity contribution in [2.45, 2.75) is 57.7 Å². The highest BCUT2D eigenvalue weighted by molar-refractivity contribution is 6.01. The number of carbonyl (C=O) groups is 2. The fourth-order valence-corrected chi connectivity index (χ4v) is 8.17. The highest BCUT2D eigenvalue weighted by atomic mass is 16.3. The quantitative estimate of drug-likeness (QED) is 0.617. The van der Waals surface area contributed by atoms with Gasteiger partial charge in [0.25, 0.3) is 5.91 Å². The lowest BCUT2D eigenvalue weighted by Crippen LogP contribution is -2.62. The second-order valence-corrected chi connectivity index (χ2v) is 11.5. The molecule has 6 unspecified atom stereocenters. The summed E-state index contributed by atoms with van der Waals surface area (Å²) in [5.41, 5.74) is 0.0575. The zero-order chi connectivity index (χ0) is 24.8. The van der Waals surface area contributed by atoms with Gasteiger partial charge in [-0.25, -0.2) is 4.98 Å². The fraction of sp³-hybridized carbons (Fsp3) is 0.536. The van der Waals surface area contributed by atoms with Crippen molar-refractivity contribution in [3.8, 4) is 0 Å². The number of hydrogen-bond acceptors (Lipinski definition) is 5. The van der Waals surface area contributed by atoms with Gasteiger partial charge in [0.1, 0.15) is 5.60 Å². The molecule has 4 aliphatic carbocycles. The van der Waals surface area contributed by atoms with Gasteiger partial charge in [-0.3, -0.25) is 14.9 Å². The van der Waals surface area contributed by atoms with E-state index in [0.29, 0.717) is 18.8 Å². The van der Waals surface area contributed by atoms with Crippen LogP contribution in [0.2, 0.25) is 0 Å². The Balaban J connectivity index is 1.32. The normalized spacial score (nSPS) is 40.1. The third kappa shape index (κ3) is 2.94. The lowest BCUT2D eigenvalue weighted by molar-refractivity contribution is -0.174. The van der Waals surface area contributed by atoms with Gasteiger partial charge in [-0.05, 0) is 68.2 Å². The van der Waals surface area contributed by atoms with Crippen molar-refractivity contribution in [2.24, 2.45) is 35.6 Å². The molecule has 1 aromatic carbocycles. The van der Waals surface area contributed by atoms with E-state index in [2.05, 4.69) is 17.2 Å². The van der Waals surface area contributed by atoms with Gasteiger partial charge in [0.05, 0.1) is 17.1 Å². The molecule has 7 atom stereocenters. The van der Waals surface area contributed by atoms with Gasteiger partial charge in [-0.15, -0.1) is 0 Å². The number of aliphatic hydroxyl groups is 2. The molecule has 0 spiro atoms. The van der Waals surface area contributed by atoms with Crippen LogP contribution in [0, 0.1) is 28.6 Å². The first-order valence-corrected chi connectivity index (χ1v) is 12.7. The van der Waals surface area contributed by atoms with Crippen LogP contribution in [0.15, 0.2) is 48.1 Å². The summed E-state index contributed by atoms with van der Waals surface area (Å²) in [7, 11) is 1.85. The second-order valence-electron chi connectivity index (χ2n) is 11.5. The molecule has 184 valence electrons. The van der Waals surface area contributed by atoms with E-state index in [9.17, 15) is 19.8 Å². The molecule has 0 aliphatic heterocycles. The van der Waals surface area contributed by atoms with Crippen LogP contribution in [0.3, 0.4) is 0 Å². The molecule has 4 aliphatic rings. The van der Waals surface area contributed by atoms with E-state index in [0.717, 1.165) is 35.9 Å². The number of aliphatic hydroxyl groups excluding tert-OH is 1. The molecule has 35 heavy (non-hydrogen) atoms. The average molecular weight is 476 g/mol. The Morgan fingerprint density at radius 2 is 2.00 bits per heavy atom. The van der Waals surface area contributed by atoms with E-state index < -0.39 is 23.0 Å². The first kappa shape index (κ1) is 22.7. The largest absolute Gasteiger partial charge is 0.393 e. The van der Waals surface area contributed by atoms with Crippen LogP contribution in [0.25, 0.3) is 11.0 Å². The van der Waals surface area contributed by atoms with Crippen LogP contribution in [0.1, 0.15) is 46.0 Å². The Bertz CT molecular complexity index is 1310. The molecule has 7 heteroatoms. The SMILES string of the molecule is Cn1c(NC(=O)[C@@]2(O)CCC3C4CCC5=CC(=O)C=CC5(C)C4C(O)CC32C)nc2ccccc21. The Hall–Kier alpha value is -2.77. The molecular weight excluding hydrogens is 442 g/mol. The van der Waals surface area contributed by atoms with Gasteiger partial charge >= 0.3 is 0 Å². The highest BCUT2D eigenvalue weighted by Crippen LogP contribution is 2.67. The van der Waals surface area contributed by atoms with Gasteiger partial charge in [0.15, 0.2) is 5.78 Å². The number of allylic oxidation sites excluding steroid dienone is 4. The number of aryl methyl sites for hydroxylation is 1. The number of anilines is 1. The number of aromatic nitrogens is 2. The predicted octanol–water partition coefficient (Wildman–Crippen LogP) is 3.52. The Kier molecular flexibility index (Phi) is 4.78. The number of benzene rings is 1. The molecule has 2 aromatic rings. The third-order valence-corrected chi connectivity index (χ3v) is 10.0. The monoisotopic (exact) mass is 475 g/mol. The second kappa shape index (κ2) is 7.37. The van der Waals surface area contributed by atoms with Gasteiger partial charge in [0.2, 0.25) is 5.95 Å². The lowest BCUT2D eigenvalue weighted by Gasteiger charge is -2.59. The molecule has 0 saturated heterocycles. The fourth-order valence-electron chi connectivity index (χ4n) is 8.17. The number of fused-ring (bicyclic) bond motifs is 6. The van der Waals surface area contributed by atoms with Crippen molar-refractivity contribution in [1.29, 1.82) is 0 Å². The van der Waals surface area contributed by atoms with Crippen LogP contribution >= 0.6 is 0 Å². The van der Waals surface area contributed by atoms with Crippen LogP contribution in [0.5, 0.6) is 0 Å². The van der Waals surface area contributed by atoms with E-state index in [4.69, 9.17) is 0 Å². The molecular formula is C28H33N3O4. The van der Waals surface area contributed by atoms with Crippen LogP contribution in [0.4, 0.5) is 5.95 Å². The zero-order valence-corrected chi connectivity index (χ0v) is 20.5. The maximum atomic E-state index is 13.7. The molecule has 0 bridgehead atoms. The van der Waals surface area contributed by atoms with E-state index in [-0.39, 0.29) is 29.0 Å². The topological polar surface area (TPSA) is 104 Å². The minimum Gasteiger partial charge on any atom is -0.393 e. The molecule has 1 aromatic heterocycles. The van der Waals surface area contributed by atoms with E-state index in [1.165, 1.54) is 0 Å². The van der Waals surface area contributed by atoms with E-state index in [1.54, 1.807) is 12.2 Å². The number of imidazole rings is 1. The molecule has 3 fully saturated rings. The maximum Gasteiger partial charge on any atom is 0.259 e. The smallest absolute Gasteiger partial charge is 0.259 e. The van der Waals surface area contributed by atoms with E-state index >= 15 is 0 Å². The number of hydrogen-bond donors (Lipinski definition) is 3. The summed E-state index contributed by atoms with van der Waals surface area (Å²) in [6.45, 7) is 4.11. The van der Waals surface area contributed by atoms with Crippen LogP contribution in [-0.2, 0) is 16.6 Å². The summed E-state index contributed by atoms with van der Waals surface area (Å²) in [6, 6.07) is 7.66. The number of carbonyl (C=O) groups excluding carboxylic acids is 2. The first-order valence-electron chi connectivity index (χ1n) is 12.7. The average Bonchev–Trinajstić information content (AvgIpc) is 3.28. The number of para-hydroxylation sites is 2. The van der Waals surface area contributed by atoms with Crippen LogP contribution in [-0.4, -0.2) is 43.2 Å². The number of nitrogens with zero attached hydrogens (tertiary/aromatic N) is 2. The number of rotatable bonds is 2. The molecule has 1 heterocycles. The highest BCUT2D eigenvalue weighted by Gasteiger charge is 2.68. The number of nitrogens with one attached hydrogen (secondary N) is 1. The minimum absolute atomic E-state index is 0.0138. The summed E-state index contributed by atoms with van der Waals surface area (Å²) in [4.78, 5) is 30.2. The Morgan fingerprint density at radius 1 is 1.23 bits per heavy atom. The van der Waals surface area contributed by atoms with Gasteiger partial charge in [-0.1, -0.05) is 37.6 Å². The van der Waals surface area contributed by atoms with Crippen molar-refractivity contribution in [3.05, 3.63) is 48.1 Å². The Morgan fingerprint density at radius 3 is 2.77 bits per heavy atom. The van der Waals surface area contributed by atoms with Crippen molar-refractivity contribution in [1.82, 2.24) is 9.55 Å². The van der Waals surface area contributed by atoms with Crippen molar-refractivity contribution in [2.75, 3.05) is 5.32 Å². The number of amides is 1. The lowest BCUT2D eigenvalue weighted by atomic mass is 9.46. The summed E-state index contributed by atoms with van der Waals surface area (Å²) in [5, 5.41) is 26.4. The van der Waals surface area contributed by atoms with Gasteiger partial charge < -0.3 is 14.8 Å². The van der Waals surface area contributed by atoms with Crippen molar-refractivity contribution < 1.29 is 19.8 Å². The Labute approximate surface area is 204 Å². The molecule has 0 radical (unpaired) electrons. The third-order valence-electron chi connectivity index (χ3n) is 10.0. The van der Waals surface area contributed by atoms with Crippen molar-refractivity contribution in [3.63, 3.8) is 0 Å². The molecule has 6 rings (SSSR count).